The quantitative estimate of drug-likeness (QED) is 0.591. The molecule has 0 aliphatic rings. The van der Waals surface area contributed by atoms with E-state index in [2.05, 4.69) is 22.6 Å². The van der Waals surface area contributed by atoms with E-state index in [0.717, 1.165) is 26.9 Å². The van der Waals surface area contributed by atoms with Gasteiger partial charge in [-0.2, -0.15) is 0 Å². The standard InChI is InChI=1S/C20H20N2O2S2/c1-14-12-16(24-22-14)13-25-15(2)20(23)21-18-10-6-7-11-19(18)26-17-8-4-3-5-9-17/h3-12,15H,13H2,1-2H3,(H,21,23)/t15-/m0/s1. The van der Waals surface area contributed by atoms with E-state index in [-0.39, 0.29) is 11.2 Å². The molecule has 26 heavy (non-hydrogen) atoms. The molecule has 1 N–H and O–H groups in total. The molecule has 0 saturated carbocycles. The second-order valence-electron chi connectivity index (χ2n) is 5.79. The Morgan fingerprint density at radius 3 is 2.62 bits per heavy atom. The Morgan fingerprint density at radius 2 is 1.88 bits per heavy atom. The maximum absolute atomic E-state index is 12.6. The first-order chi connectivity index (χ1) is 12.6. The van der Waals surface area contributed by atoms with Crippen molar-refractivity contribution in [2.45, 2.75) is 34.6 Å². The summed E-state index contributed by atoms with van der Waals surface area (Å²) in [6.45, 7) is 3.78. The SMILES string of the molecule is Cc1cc(CS[C@@H](C)C(=O)Nc2ccccc2Sc2ccccc2)on1. The molecule has 3 aromatic rings. The summed E-state index contributed by atoms with van der Waals surface area (Å²) in [6, 6.07) is 19.9. The first-order valence-corrected chi connectivity index (χ1v) is 10.1. The van der Waals surface area contributed by atoms with Crippen molar-refractivity contribution >= 4 is 35.1 Å². The molecule has 0 fully saturated rings. The van der Waals surface area contributed by atoms with Crippen LogP contribution in [0.25, 0.3) is 0 Å². The lowest BCUT2D eigenvalue weighted by molar-refractivity contribution is -0.115. The molecule has 6 heteroatoms. The summed E-state index contributed by atoms with van der Waals surface area (Å²) in [5.74, 6) is 1.38. The maximum Gasteiger partial charge on any atom is 0.237 e. The minimum absolute atomic E-state index is 0.0210. The van der Waals surface area contributed by atoms with Gasteiger partial charge in [0, 0.05) is 15.9 Å². The zero-order valence-electron chi connectivity index (χ0n) is 14.6. The predicted molar refractivity (Wildman–Crippen MR) is 108 cm³/mol. The molecule has 1 aromatic heterocycles. The molecule has 0 bridgehead atoms. The third-order valence-electron chi connectivity index (χ3n) is 3.64. The van der Waals surface area contributed by atoms with Crippen LogP contribution in [0, 0.1) is 6.92 Å². The zero-order valence-corrected chi connectivity index (χ0v) is 16.3. The van der Waals surface area contributed by atoms with Crippen molar-refractivity contribution in [3.8, 4) is 0 Å². The van der Waals surface area contributed by atoms with Crippen molar-refractivity contribution in [3.63, 3.8) is 0 Å². The van der Waals surface area contributed by atoms with Crippen LogP contribution < -0.4 is 5.32 Å². The van der Waals surface area contributed by atoms with Gasteiger partial charge in [-0.05, 0) is 38.1 Å². The highest BCUT2D eigenvalue weighted by atomic mass is 32.2. The lowest BCUT2D eigenvalue weighted by Gasteiger charge is -2.14. The monoisotopic (exact) mass is 384 g/mol. The van der Waals surface area contributed by atoms with E-state index in [1.807, 2.05) is 62.4 Å². The Hall–Kier alpha value is -2.18. The van der Waals surface area contributed by atoms with Crippen LogP contribution in [-0.4, -0.2) is 16.3 Å². The first-order valence-electron chi connectivity index (χ1n) is 8.28. The molecule has 4 nitrogen and oxygen atoms in total. The van der Waals surface area contributed by atoms with E-state index in [0.29, 0.717) is 5.75 Å². The van der Waals surface area contributed by atoms with Gasteiger partial charge in [0.2, 0.25) is 5.91 Å². The highest BCUT2D eigenvalue weighted by molar-refractivity contribution is 8.00. The number of hydrogen-bond donors (Lipinski definition) is 1. The molecule has 0 aliphatic carbocycles. The number of para-hydroxylation sites is 1. The molecule has 0 radical (unpaired) electrons. The van der Waals surface area contributed by atoms with Gasteiger partial charge in [0.05, 0.1) is 22.4 Å². The average Bonchev–Trinajstić information content (AvgIpc) is 3.07. The summed E-state index contributed by atoms with van der Waals surface area (Å²) in [5, 5.41) is 6.71. The van der Waals surface area contributed by atoms with Gasteiger partial charge in [-0.15, -0.1) is 11.8 Å². The number of carbonyl (C=O) groups is 1. The summed E-state index contributed by atoms with van der Waals surface area (Å²) in [5.41, 5.74) is 1.68. The van der Waals surface area contributed by atoms with Gasteiger partial charge in [-0.3, -0.25) is 4.79 Å². The molecular weight excluding hydrogens is 364 g/mol. The fourth-order valence-electron chi connectivity index (χ4n) is 2.28. The Kier molecular flexibility index (Phi) is 6.41. The summed E-state index contributed by atoms with van der Waals surface area (Å²) >= 11 is 3.16. The highest BCUT2D eigenvalue weighted by Gasteiger charge is 2.16. The average molecular weight is 385 g/mol. The molecule has 3 rings (SSSR count). The third kappa shape index (κ3) is 5.16. The Morgan fingerprint density at radius 1 is 1.15 bits per heavy atom. The van der Waals surface area contributed by atoms with Crippen molar-refractivity contribution in [1.82, 2.24) is 5.16 Å². The van der Waals surface area contributed by atoms with E-state index >= 15 is 0 Å². The predicted octanol–water partition coefficient (Wildman–Crippen LogP) is 5.39. The van der Waals surface area contributed by atoms with Crippen LogP contribution in [0.2, 0.25) is 0 Å². The smallest absolute Gasteiger partial charge is 0.237 e. The van der Waals surface area contributed by atoms with Gasteiger partial charge in [-0.1, -0.05) is 47.3 Å². The number of thioether (sulfide) groups is 1. The van der Waals surface area contributed by atoms with Crippen molar-refractivity contribution in [2.75, 3.05) is 5.32 Å². The first kappa shape index (κ1) is 18.6. The molecule has 0 saturated heterocycles. The fraction of sp³-hybridized carbons (Fsp3) is 0.200. The normalized spacial score (nSPS) is 11.9. The second-order valence-corrected chi connectivity index (χ2v) is 8.23. The van der Waals surface area contributed by atoms with Gasteiger partial charge in [0.15, 0.2) is 0 Å². The van der Waals surface area contributed by atoms with Crippen molar-refractivity contribution in [3.05, 3.63) is 72.1 Å². The van der Waals surface area contributed by atoms with Crippen LogP contribution in [0.4, 0.5) is 5.69 Å². The van der Waals surface area contributed by atoms with Gasteiger partial charge in [-0.25, -0.2) is 0 Å². The van der Waals surface area contributed by atoms with E-state index in [1.165, 1.54) is 11.8 Å². The molecule has 134 valence electrons. The number of hydrogen-bond acceptors (Lipinski definition) is 5. The molecule has 0 aliphatic heterocycles. The van der Waals surface area contributed by atoms with Crippen molar-refractivity contribution in [2.24, 2.45) is 0 Å². The van der Waals surface area contributed by atoms with Crippen LogP contribution in [0.3, 0.4) is 0 Å². The Labute approximate surface area is 161 Å². The molecule has 1 heterocycles. The van der Waals surface area contributed by atoms with E-state index in [1.54, 1.807) is 11.8 Å². The summed E-state index contributed by atoms with van der Waals surface area (Å²) in [6.07, 6.45) is 0. The highest BCUT2D eigenvalue weighted by Crippen LogP contribution is 2.33. The number of nitrogens with zero attached hydrogens (tertiary/aromatic N) is 1. The second kappa shape index (κ2) is 8.96. The number of anilines is 1. The maximum atomic E-state index is 12.6. The summed E-state index contributed by atoms with van der Waals surface area (Å²) < 4.78 is 5.19. The molecular formula is C20H20N2O2S2. The summed E-state index contributed by atoms with van der Waals surface area (Å²) in [4.78, 5) is 14.7. The molecule has 0 unspecified atom stereocenters. The largest absolute Gasteiger partial charge is 0.360 e. The fourth-order valence-corrected chi connectivity index (χ4v) is 3.96. The van der Waals surface area contributed by atoms with Gasteiger partial charge >= 0.3 is 0 Å². The molecule has 1 atom stereocenters. The van der Waals surface area contributed by atoms with Crippen LogP contribution >= 0.6 is 23.5 Å². The lowest BCUT2D eigenvalue weighted by Crippen LogP contribution is -2.22. The number of nitrogens with one attached hydrogen (secondary N) is 1. The van der Waals surface area contributed by atoms with Crippen LogP contribution in [0.15, 0.2) is 75.0 Å². The molecule has 0 spiro atoms. The minimum atomic E-state index is -0.199. The van der Waals surface area contributed by atoms with Gasteiger partial charge in [0.25, 0.3) is 0 Å². The number of aryl methyl sites for hydroxylation is 1. The third-order valence-corrected chi connectivity index (χ3v) is 5.89. The van der Waals surface area contributed by atoms with E-state index in [4.69, 9.17) is 4.52 Å². The van der Waals surface area contributed by atoms with Crippen LogP contribution in [0.5, 0.6) is 0 Å². The van der Waals surface area contributed by atoms with Crippen molar-refractivity contribution in [1.29, 1.82) is 0 Å². The minimum Gasteiger partial charge on any atom is -0.360 e. The number of carbonyl (C=O) groups excluding carboxylic acids is 1. The summed E-state index contributed by atoms with van der Waals surface area (Å²) in [7, 11) is 0. The van der Waals surface area contributed by atoms with Gasteiger partial charge < -0.3 is 9.84 Å². The molecule has 1 amide bonds. The van der Waals surface area contributed by atoms with E-state index in [9.17, 15) is 4.79 Å². The number of benzene rings is 2. The Bertz CT molecular complexity index is 865. The topological polar surface area (TPSA) is 55.1 Å². The number of amides is 1. The van der Waals surface area contributed by atoms with E-state index < -0.39 is 0 Å². The molecule has 2 aromatic carbocycles. The number of rotatable bonds is 7. The number of aromatic nitrogens is 1. The van der Waals surface area contributed by atoms with Gasteiger partial charge in [0.1, 0.15) is 5.76 Å². The van der Waals surface area contributed by atoms with Crippen LogP contribution in [0.1, 0.15) is 18.4 Å². The Balaban J connectivity index is 1.61. The van der Waals surface area contributed by atoms with Crippen LogP contribution in [-0.2, 0) is 10.5 Å². The lowest BCUT2D eigenvalue weighted by atomic mass is 10.3. The zero-order chi connectivity index (χ0) is 18.4. The van der Waals surface area contributed by atoms with Crippen molar-refractivity contribution < 1.29 is 9.32 Å².